The van der Waals surface area contributed by atoms with Gasteiger partial charge in [0, 0.05) is 37.9 Å². The van der Waals surface area contributed by atoms with Crippen LogP contribution in [-0.4, -0.2) is 42.9 Å². The van der Waals surface area contributed by atoms with Gasteiger partial charge in [-0.25, -0.2) is 0 Å². The molecule has 1 unspecified atom stereocenters. The zero-order valence-electron chi connectivity index (χ0n) is 13.8. The zero-order valence-corrected chi connectivity index (χ0v) is 13.8. The fraction of sp³-hybridized carbons (Fsp3) is 0.647. The third kappa shape index (κ3) is 5.94. The molecule has 21 heavy (non-hydrogen) atoms. The number of nitrogens with zero attached hydrogens (tertiary/aromatic N) is 1. The molecule has 0 bridgehead atoms. The molecule has 0 aromatic heterocycles. The fourth-order valence-electron chi connectivity index (χ4n) is 2.13. The van der Waals surface area contributed by atoms with Crippen LogP contribution in [0.25, 0.3) is 0 Å². The van der Waals surface area contributed by atoms with E-state index in [4.69, 9.17) is 9.47 Å². The molecule has 0 spiro atoms. The maximum absolute atomic E-state index is 10.2. The van der Waals surface area contributed by atoms with Crippen LogP contribution in [0.1, 0.15) is 39.2 Å². The van der Waals surface area contributed by atoms with Crippen LogP contribution in [0.4, 0.5) is 0 Å². The number of benzene rings is 1. The van der Waals surface area contributed by atoms with Crippen LogP contribution in [0, 0.1) is 0 Å². The van der Waals surface area contributed by atoms with Crippen LogP contribution in [-0.2, 0) is 11.3 Å². The van der Waals surface area contributed by atoms with E-state index in [0.717, 1.165) is 37.2 Å². The minimum absolute atomic E-state index is 0.300. The van der Waals surface area contributed by atoms with Gasteiger partial charge in [0.2, 0.25) is 0 Å². The third-order valence-corrected chi connectivity index (χ3v) is 3.70. The molecular formula is C17H29NO3. The Labute approximate surface area is 128 Å². The Morgan fingerprint density at radius 1 is 1.24 bits per heavy atom. The number of hydrogen-bond acceptors (Lipinski definition) is 4. The second-order valence-corrected chi connectivity index (χ2v) is 5.36. The predicted octanol–water partition coefficient (Wildman–Crippen LogP) is 3.43. The van der Waals surface area contributed by atoms with E-state index in [1.807, 2.05) is 12.1 Å². The number of hydrogen-bond donors (Lipinski definition) is 1. The summed E-state index contributed by atoms with van der Waals surface area (Å²) in [6.07, 6.45) is 2.03. The Morgan fingerprint density at radius 3 is 2.57 bits per heavy atom. The highest BCUT2D eigenvalue weighted by molar-refractivity contribution is 5.39. The van der Waals surface area contributed by atoms with Gasteiger partial charge in [0.05, 0.1) is 13.2 Å². The molecule has 1 atom stereocenters. The van der Waals surface area contributed by atoms with Gasteiger partial charge in [-0.05, 0) is 25.8 Å². The van der Waals surface area contributed by atoms with Crippen LogP contribution in [0.2, 0.25) is 0 Å². The number of ether oxygens (including phenoxy) is 2. The number of phenols is 1. The van der Waals surface area contributed by atoms with Gasteiger partial charge >= 0.3 is 0 Å². The zero-order chi connectivity index (χ0) is 15.7. The van der Waals surface area contributed by atoms with Crippen molar-refractivity contribution in [2.24, 2.45) is 0 Å². The Balaban J connectivity index is 2.73. The lowest BCUT2D eigenvalue weighted by Crippen LogP contribution is -2.34. The van der Waals surface area contributed by atoms with Gasteiger partial charge in [-0.15, -0.1) is 0 Å². The molecule has 0 radical (unpaired) electrons. The number of phenolic OH excluding ortho intramolecular Hbond substituents is 1. The number of rotatable bonds is 10. The van der Waals surface area contributed by atoms with Crippen molar-refractivity contribution in [2.75, 3.05) is 26.9 Å². The van der Waals surface area contributed by atoms with Crippen LogP contribution in [0.3, 0.4) is 0 Å². The summed E-state index contributed by atoms with van der Waals surface area (Å²) in [5, 5.41) is 10.2. The van der Waals surface area contributed by atoms with Gasteiger partial charge in [0.15, 0.2) is 0 Å². The number of aromatic hydroxyl groups is 1. The summed E-state index contributed by atoms with van der Waals surface area (Å²) >= 11 is 0. The maximum Gasteiger partial charge on any atom is 0.123 e. The summed E-state index contributed by atoms with van der Waals surface area (Å²) in [4.78, 5) is 2.32. The van der Waals surface area contributed by atoms with Gasteiger partial charge in [-0.3, -0.25) is 4.90 Å². The van der Waals surface area contributed by atoms with Gasteiger partial charge in [0.25, 0.3) is 0 Å². The summed E-state index contributed by atoms with van der Waals surface area (Å²) in [5.41, 5.74) is 0.926. The molecule has 1 rings (SSSR count). The van der Waals surface area contributed by atoms with Gasteiger partial charge in [-0.2, -0.15) is 0 Å². The molecule has 1 N–H and O–H groups in total. The summed E-state index contributed by atoms with van der Waals surface area (Å²) in [5.74, 6) is 1.03. The Kier molecular flexibility index (Phi) is 8.16. The second kappa shape index (κ2) is 9.64. The van der Waals surface area contributed by atoms with E-state index >= 15 is 0 Å². The van der Waals surface area contributed by atoms with E-state index in [-0.39, 0.29) is 0 Å². The molecule has 120 valence electrons. The molecule has 0 aliphatic heterocycles. The van der Waals surface area contributed by atoms with Crippen molar-refractivity contribution in [3.8, 4) is 11.5 Å². The smallest absolute Gasteiger partial charge is 0.123 e. The molecule has 0 amide bonds. The van der Waals surface area contributed by atoms with E-state index in [1.54, 1.807) is 13.2 Å². The highest BCUT2D eigenvalue weighted by Gasteiger charge is 2.14. The van der Waals surface area contributed by atoms with Gasteiger partial charge in [-0.1, -0.05) is 19.9 Å². The molecule has 0 fully saturated rings. The lowest BCUT2D eigenvalue weighted by molar-refractivity contribution is 0.117. The van der Waals surface area contributed by atoms with E-state index < -0.39 is 0 Å². The molecule has 0 saturated heterocycles. The normalized spacial score (nSPS) is 12.6. The van der Waals surface area contributed by atoms with Crippen LogP contribution < -0.4 is 4.74 Å². The van der Waals surface area contributed by atoms with E-state index in [1.165, 1.54) is 0 Å². The lowest BCUT2D eigenvalue weighted by Gasteiger charge is -2.28. The number of methoxy groups -OCH3 is 1. The summed E-state index contributed by atoms with van der Waals surface area (Å²) in [6.45, 7) is 9.39. The SMILES string of the molecule is CCCOc1ccc(CN(CCOC)C(C)CC)c(O)c1. The molecule has 0 saturated carbocycles. The first-order chi connectivity index (χ1) is 10.1. The first-order valence-electron chi connectivity index (χ1n) is 7.80. The van der Waals surface area contributed by atoms with E-state index in [0.29, 0.717) is 25.0 Å². The minimum Gasteiger partial charge on any atom is -0.507 e. The largest absolute Gasteiger partial charge is 0.507 e. The molecule has 0 aliphatic rings. The highest BCUT2D eigenvalue weighted by Crippen LogP contribution is 2.25. The van der Waals surface area contributed by atoms with Crippen molar-refractivity contribution in [3.05, 3.63) is 23.8 Å². The topological polar surface area (TPSA) is 41.9 Å². The van der Waals surface area contributed by atoms with Gasteiger partial charge in [0.1, 0.15) is 11.5 Å². The molecule has 4 heteroatoms. The summed E-state index contributed by atoms with van der Waals surface area (Å²) < 4.78 is 10.7. The molecular weight excluding hydrogens is 266 g/mol. The molecule has 0 aliphatic carbocycles. The quantitative estimate of drug-likeness (QED) is 0.718. The molecule has 0 heterocycles. The van der Waals surface area contributed by atoms with Crippen molar-refractivity contribution in [1.29, 1.82) is 0 Å². The standard InChI is InChI=1S/C17H29NO3/c1-5-10-21-16-8-7-15(17(19)12-16)13-18(9-11-20-4)14(3)6-2/h7-8,12,14,19H,5-6,9-11,13H2,1-4H3. The second-order valence-electron chi connectivity index (χ2n) is 5.36. The first-order valence-corrected chi connectivity index (χ1v) is 7.80. The molecule has 1 aromatic carbocycles. The molecule has 1 aromatic rings. The van der Waals surface area contributed by atoms with Crippen molar-refractivity contribution >= 4 is 0 Å². The average molecular weight is 295 g/mol. The average Bonchev–Trinajstić information content (AvgIpc) is 2.50. The Hall–Kier alpha value is -1.26. The summed E-state index contributed by atoms with van der Waals surface area (Å²) in [7, 11) is 1.71. The highest BCUT2D eigenvalue weighted by atomic mass is 16.5. The van der Waals surface area contributed by atoms with Crippen LogP contribution in [0.5, 0.6) is 11.5 Å². The third-order valence-electron chi connectivity index (χ3n) is 3.70. The first kappa shape index (κ1) is 17.8. The predicted molar refractivity (Wildman–Crippen MR) is 85.9 cm³/mol. The lowest BCUT2D eigenvalue weighted by atomic mass is 10.1. The minimum atomic E-state index is 0.300. The van der Waals surface area contributed by atoms with E-state index in [2.05, 4.69) is 25.7 Å². The summed E-state index contributed by atoms with van der Waals surface area (Å²) in [6, 6.07) is 6.03. The van der Waals surface area contributed by atoms with Crippen LogP contribution >= 0.6 is 0 Å². The van der Waals surface area contributed by atoms with Crippen LogP contribution in [0.15, 0.2) is 18.2 Å². The molecule has 4 nitrogen and oxygen atoms in total. The Bertz CT molecular complexity index is 409. The van der Waals surface area contributed by atoms with Crippen molar-refractivity contribution in [3.63, 3.8) is 0 Å². The monoisotopic (exact) mass is 295 g/mol. The van der Waals surface area contributed by atoms with Crippen molar-refractivity contribution in [2.45, 2.75) is 46.2 Å². The fourth-order valence-corrected chi connectivity index (χ4v) is 2.13. The van der Waals surface area contributed by atoms with Gasteiger partial charge < -0.3 is 14.6 Å². The van der Waals surface area contributed by atoms with Crippen molar-refractivity contribution < 1.29 is 14.6 Å². The van der Waals surface area contributed by atoms with Crippen molar-refractivity contribution in [1.82, 2.24) is 4.90 Å². The Morgan fingerprint density at radius 2 is 2.00 bits per heavy atom. The maximum atomic E-state index is 10.2. The van der Waals surface area contributed by atoms with E-state index in [9.17, 15) is 5.11 Å².